The zero-order valence-corrected chi connectivity index (χ0v) is 12.3. The highest BCUT2D eigenvalue weighted by atomic mass is 35.5. The van der Waals surface area contributed by atoms with Crippen molar-refractivity contribution in [3.05, 3.63) is 34.9 Å². The summed E-state index contributed by atoms with van der Waals surface area (Å²) < 4.78 is 5.97. The van der Waals surface area contributed by atoms with Gasteiger partial charge in [-0.05, 0) is 36.6 Å². The zero-order chi connectivity index (χ0) is 13.4. The van der Waals surface area contributed by atoms with Crippen LogP contribution in [0.2, 0.25) is 5.02 Å². The molecule has 1 unspecified atom stereocenters. The van der Waals surface area contributed by atoms with Gasteiger partial charge in [-0.3, -0.25) is 0 Å². The van der Waals surface area contributed by atoms with Crippen LogP contribution in [0.3, 0.4) is 0 Å². The molecule has 0 heterocycles. The summed E-state index contributed by atoms with van der Waals surface area (Å²) in [6.07, 6.45) is 1.17. The highest BCUT2D eigenvalue weighted by Gasteiger charge is 2.12. The Morgan fingerprint density at radius 1 is 1.33 bits per heavy atom. The number of likely N-dealkylation sites (N-methyl/N-ethyl adjacent to an activating group) is 1. The molecule has 102 valence electrons. The van der Waals surface area contributed by atoms with Crippen molar-refractivity contribution < 1.29 is 4.74 Å². The molecule has 3 heteroatoms. The van der Waals surface area contributed by atoms with Crippen molar-refractivity contribution in [2.45, 2.75) is 33.3 Å². The van der Waals surface area contributed by atoms with Gasteiger partial charge in [0.25, 0.3) is 0 Å². The first-order valence-electron chi connectivity index (χ1n) is 6.71. The Bertz CT molecular complexity index is 341. The van der Waals surface area contributed by atoms with Crippen LogP contribution < -0.4 is 5.32 Å². The minimum Gasteiger partial charge on any atom is -0.372 e. The van der Waals surface area contributed by atoms with E-state index < -0.39 is 0 Å². The molecule has 2 nitrogen and oxygen atoms in total. The van der Waals surface area contributed by atoms with Crippen molar-refractivity contribution in [3.63, 3.8) is 0 Å². The predicted octanol–water partition coefficient (Wildman–Crippen LogP) is 4.05. The van der Waals surface area contributed by atoms with E-state index in [4.69, 9.17) is 16.3 Å². The molecule has 0 aliphatic heterocycles. The lowest BCUT2D eigenvalue weighted by molar-refractivity contribution is 0.0461. The molecule has 0 aliphatic rings. The van der Waals surface area contributed by atoms with Crippen LogP contribution in [0, 0.1) is 5.92 Å². The fraction of sp³-hybridized carbons (Fsp3) is 0.600. The molecule has 0 saturated carbocycles. The van der Waals surface area contributed by atoms with Crippen LogP contribution in [0.4, 0.5) is 0 Å². The maximum absolute atomic E-state index is 6.03. The summed E-state index contributed by atoms with van der Waals surface area (Å²) in [5, 5.41) is 4.10. The molecule has 1 aromatic carbocycles. The number of ether oxygens (including phenoxy) is 1. The highest BCUT2D eigenvalue weighted by Crippen LogP contribution is 2.21. The Kier molecular flexibility index (Phi) is 7.33. The highest BCUT2D eigenvalue weighted by molar-refractivity contribution is 6.30. The van der Waals surface area contributed by atoms with E-state index in [0.29, 0.717) is 5.92 Å². The average molecular weight is 270 g/mol. The van der Waals surface area contributed by atoms with Crippen LogP contribution >= 0.6 is 11.6 Å². The number of nitrogens with one attached hydrogen (secondary N) is 1. The Hall–Kier alpha value is -0.570. The van der Waals surface area contributed by atoms with E-state index in [-0.39, 0.29) is 6.10 Å². The predicted molar refractivity (Wildman–Crippen MR) is 78.1 cm³/mol. The molecule has 1 N–H and O–H groups in total. The van der Waals surface area contributed by atoms with Crippen LogP contribution in [-0.2, 0) is 4.74 Å². The summed E-state index contributed by atoms with van der Waals surface area (Å²) >= 11 is 6.03. The van der Waals surface area contributed by atoms with E-state index in [1.165, 1.54) is 0 Å². The SMILES string of the molecule is CCNCC(OCCC(C)C)c1cccc(Cl)c1. The molecule has 1 atom stereocenters. The molecule has 18 heavy (non-hydrogen) atoms. The van der Waals surface area contributed by atoms with Crippen molar-refractivity contribution in [2.75, 3.05) is 19.7 Å². The lowest BCUT2D eigenvalue weighted by Gasteiger charge is -2.19. The first kappa shape index (κ1) is 15.5. The lowest BCUT2D eigenvalue weighted by Crippen LogP contribution is -2.23. The number of benzene rings is 1. The Balaban J connectivity index is 2.59. The van der Waals surface area contributed by atoms with Gasteiger partial charge in [0.1, 0.15) is 0 Å². The average Bonchev–Trinajstić information content (AvgIpc) is 2.33. The molecular formula is C15H24ClNO. The monoisotopic (exact) mass is 269 g/mol. The van der Waals surface area contributed by atoms with Gasteiger partial charge in [0.2, 0.25) is 0 Å². The van der Waals surface area contributed by atoms with E-state index in [0.717, 1.165) is 36.7 Å². The summed E-state index contributed by atoms with van der Waals surface area (Å²) in [6.45, 7) is 9.09. The van der Waals surface area contributed by atoms with Crippen LogP contribution in [0.5, 0.6) is 0 Å². The largest absolute Gasteiger partial charge is 0.372 e. The van der Waals surface area contributed by atoms with E-state index in [1.54, 1.807) is 0 Å². The molecule has 0 fully saturated rings. The van der Waals surface area contributed by atoms with Crippen LogP contribution in [0.15, 0.2) is 24.3 Å². The fourth-order valence-electron chi connectivity index (χ4n) is 1.70. The molecule has 0 bridgehead atoms. The Morgan fingerprint density at radius 2 is 2.11 bits per heavy atom. The van der Waals surface area contributed by atoms with Gasteiger partial charge in [-0.25, -0.2) is 0 Å². The van der Waals surface area contributed by atoms with Gasteiger partial charge in [-0.15, -0.1) is 0 Å². The van der Waals surface area contributed by atoms with E-state index in [1.807, 2.05) is 18.2 Å². The van der Waals surface area contributed by atoms with E-state index >= 15 is 0 Å². The summed E-state index contributed by atoms with van der Waals surface area (Å²) in [5.74, 6) is 0.671. The minimum absolute atomic E-state index is 0.0856. The Labute approximate surface area is 116 Å². The summed E-state index contributed by atoms with van der Waals surface area (Å²) in [4.78, 5) is 0. The third kappa shape index (κ3) is 5.85. The quantitative estimate of drug-likeness (QED) is 0.769. The zero-order valence-electron chi connectivity index (χ0n) is 11.6. The second kappa shape index (κ2) is 8.52. The Morgan fingerprint density at radius 3 is 2.72 bits per heavy atom. The number of hydrogen-bond donors (Lipinski definition) is 1. The maximum Gasteiger partial charge on any atom is 0.0949 e. The van der Waals surface area contributed by atoms with Gasteiger partial charge >= 0.3 is 0 Å². The summed E-state index contributed by atoms with van der Waals surface area (Å²) in [5.41, 5.74) is 1.15. The van der Waals surface area contributed by atoms with Gasteiger partial charge < -0.3 is 10.1 Å². The number of hydrogen-bond acceptors (Lipinski definition) is 2. The van der Waals surface area contributed by atoms with E-state index in [2.05, 4.69) is 32.2 Å². The van der Waals surface area contributed by atoms with Gasteiger partial charge in [-0.1, -0.05) is 44.5 Å². The minimum atomic E-state index is 0.0856. The van der Waals surface area contributed by atoms with Crippen LogP contribution in [0.1, 0.15) is 38.9 Å². The van der Waals surface area contributed by atoms with Gasteiger partial charge in [-0.2, -0.15) is 0 Å². The maximum atomic E-state index is 6.03. The summed E-state index contributed by atoms with van der Waals surface area (Å²) in [6, 6.07) is 7.92. The van der Waals surface area contributed by atoms with Crippen LogP contribution in [0.25, 0.3) is 0 Å². The third-order valence-electron chi connectivity index (χ3n) is 2.81. The molecule has 0 radical (unpaired) electrons. The lowest BCUT2D eigenvalue weighted by atomic mass is 10.1. The fourth-order valence-corrected chi connectivity index (χ4v) is 1.90. The topological polar surface area (TPSA) is 21.3 Å². The normalized spacial score (nSPS) is 12.9. The van der Waals surface area contributed by atoms with Crippen LogP contribution in [-0.4, -0.2) is 19.7 Å². The first-order chi connectivity index (χ1) is 8.63. The first-order valence-corrected chi connectivity index (χ1v) is 7.09. The van der Waals surface area contributed by atoms with Crippen molar-refractivity contribution >= 4 is 11.6 Å². The molecule has 1 aromatic rings. The number of halogens is 1. The second-order valence-corrected chi connectivity index (χ2v) is 5.34. The van der Waals surface area contributed by atoms with Gasteiger partial charge in [0.05, 0.1) is 6.10 Å². The third-order valence-corrected chi connectivity index (χ3v) is 3.05. The van der Waals surface area contributed by atoms with Crippen molar-refractivity contribution in [2.24, 2.45) is 5.92 Å². The van der Waals surface area contributed by atoms with Gasteiger partial charge in [0.15, 0.2) is 0 Å². The van der Waals surface area contributed by atoms with Crippen molar-refractivity contribution in [1.82, 2.24) is 5.32 Å². The molecular weight excluding hydrogens is 246 g/mol. The molecule has 0 saturated heterocycles. The molecule has 0 spiro atoms. The molecule has 1 rings (SSSR count). The van der Waals surface area contributed by atoms with Gasteiger partial charge in [0, 0.05) is 18.2 Å². The smallest absolute Gasteiger partial charge is 0.0949 e. The van der Waals surface area contributed by atoms with Crippen molar-refractivity contribution in [3.8, 4) is 0 Å². The standard InChI is InChI=1S/C15H24ClNO/c1-4-17-11-15(18-9-8-12(2)3)13-6-5-7-14(16)10-13/h5-7,10,12,15,17H,4,8-9,11H2,1-3H3. The van der Waals surface area contributed by atoms with E-state index in [9.17, 15) is 0 Å². The molecule has 0 aliphatic carbocycles. The second-order valence-electron chi connectivity index (χ2n) is 4.90. The molecule has 0 aromatic heterocycles. The number of rotatable bonds is 8. The van der Waals surface area contributed by atoms with Crippen molar-refractivity contribution in [1.29, 1.82) is 0 Å². The summed E-state index contributed by atoms with van der Waals surface area (Å²) in [7, 11) is 0. The molecule has 0 amide bonds.